The summed E-state index contributed by atoms with van der Waals surface area (Å²) < 4.78 is 9.86. The first-order valence-corrected chi connectivity index (χ1v) is 5.55. The maximum atomic E-state index is 11.6. The number of rotatable bonds is 5. The molecule has 7 heteroatoms. The summed E-state index contributed by atoms with van der Waals surface area (Å²) in [4.78, 5) is 31.9. The van der Waals surface area contributed by atoms with Crippen molar-refractivity contribution in [1.29, 1.82) is 0 Å². The number of nitro benzene ring substituents is 1. The van der Waals surface area contributed by atoms with E-state index in [1.165, 1.54) is 36.4 Å². The maximum absolute atomic E-state index is 11.6. The molecule has 0 amide bonds. The number of nitrogens with zero attached hydrogens (tertiary/aromatic N) is 1. The van der Waals surface area contributed by atoms with Gasteiger partial charge < -0.3 is 9.15 Å². The van der Waals surface area contributed by atoms with Gasteiger partial charge in [-0.3, -0.25) is 14.9 Å². The second-order valence-electron chi connectivity index (χ2n) is 3.82. The van der Waals surface area contributed by atoms with Gasteiger partial charge in [-0.05, 0) is 29.8 Å². The molecule has 0 atom stereocenters. The van der Waals surface area contributed by atoms with Gasteiger partial charge in [0.25, 0.3) is 5.69 Å². The Balaban J connectivity index is 1.96. The molecular formula is C13H9NO6. The number of aldehydes is 1. The number of nitro groups is 1. The van der Waals surface area contributed by atoms with E-state index in [2.05, 4.69) is 0 Å². The minimum absolute atomic E-state index is 0.0345. The number of hydrogen-bond donors (Lipinski definition) is 0. The summed E-state index contributed by atoms with van der Waals surface area (Å²) in [5, 5.41) is 10.5. The van der Waals surface area contributed by atoms with Crippen molar-refractivity contribution in [3.05, 3.63) is 63.6 Å². The number of furan rings is 1. The molecule has 0 N–H and O–H groups in total. The molecule has 7 nitrogen and oxygen atoms in total. The first-order valence-electron chi connectivity index (χ1n) is 5.55. The van der Waals surface area contributed by atoms with E-state index in [4.69, 9.17) is 9.15 Å². The number of hydrogen-bond acceptors (Lipinski definition) is 6. The van der Waals surface area contributed by atoms with Crippen LogP contribution in [0.5, 0.6) is 0 Å². The van der Waals surface area contributed by atoms with E-state index in [0.29, 0.717) is 11.8 Å². The Kier molecular flexibility index (Phi) is 3.90. The van der Waals surface area contributed by atoms with E-state index in [-0.39, 0.29) is 23.8 Å². The van der Waals surface area contributed by atoms with Crippen LogP contribution in [-0.4, -0.2) is 17.2 Å². The Bertz CT molecular complexity index is 643. The lowest BCUT2D eigenvalue weighted by molar-refractivity contribution is -0.384. The van der Waals surface area contributed by atoms with Crippen molar-refractivity contribution in [2.75, 3.05) is 0 Å². The maximum Gasteiger partial charge on any atom is 0.374 e. The number of non-ortho nitro benzene ring substituents is 1. The summed E-state index contributed by atoms with van der Waals surface area (Å²) in [5.74, 6) is -0.752. The Labute approximate surface area is 112 Å². The van der Waals surface area contributed by atoms with E-state index in [1.54, 1.807) is 0 Å². The fourth-order valence-electron chi connectivity index (χ4n) is 1.46. The third kappa shape index (κ3) is 3.08. The molecule has 0 fully saturated rings. The van der Waals surface area contributed by atoms with Gasteiger partial charge in [0.1, 0.15) is 6.61 Å². The highest BCUT2D eigenvalue weighted by molar-refractivity contribution is 5.87. The van der Waals surface area contributed by atoms with Crippen LogP contribution in [0.15, 0.2) is 40.8 Å². The molecule has 2 aromatic rings. The zero-order valence-corrected chi connectivity index (χ0v) is 10.1. The van der Waals surface area contributed by atoms with Crippen molar-refractivity contribution >= 4 is 17.9 Å². The second-order valence-corrected chi connectivity index (χ2v) is 3.82. The van der Waals surface area contributed by atoms with Crippen molar-refractivity contribution < 1.29 is 23.7 Å². The van der Waals surface area contributed by atoms with Crippen LogP contribution in [0.25, 0.3) is 0 Å². The first-order chi connectivity index (χ1) is 9.60. The van der Waals surface area contributed by atoms with Crippen molar-refractivity contribution in [1.82, 2.24) is 0 Å². The number of esters is 1. The topological polar surface area (TPSA) is 99.7 Å². The van der Waals surface area contributed by atoms with E-state index < -0.39 is 10.9 Å². The first kappa shape index (κ1) is 13.5. The number of benzene rings is 1. The van der Waals surface area contributed by atoms with Gasteiger partial charge >= 0.3 is 5.97 Å². The third-order valence-electron chi connectivity index (χ3n) is 2.46. The third-order valence-corrected chi connectivity index (χ3v) is 2.46. The van der Waals surface area contributed by atoms with Gasteiger partial charge in [0.05, 0.1) is 4.92 Å². The van der Waals surface area contributed by atoms with Gasteiger partial charge in [-0.25, -0.2) is 4.79 Å². The predicted octanol–water partition coefficient (Wildman–Crippen LogP) is 2.36. The van der Waals surface area contributed by atoms with Gasteiger partial charge in [-0.15, -0.1) is 0 Å². The quantitative estimate of drug-likeness (QED) is 0.359. The summed E-state index contributed by atoms with van der Waals surface area (Å²) in [7, 11) is 0. The summed E-state index contributed by atoms with van der Waals surface area (Å²) in [6, 6.07) is 8.31. The standard InChI is InChI=1S/C13H9NO6/c15-7-11-5-6-12(20-11)13(16)19-8-9-1-3-10(4-2-9)14(17)18/h1-7H,8H2. The number of ether oxygens (including phenoxy) is 1. The Morgan fingerprint density at radius 2 is 1.95 bits per heavy atom. The molecule has 102 valence electrons. The minimum Gasteiger partial charge on any atom is -0.455 e. The molecule has 0 unspecified atom stereocenters. The second kappa shape index (κ2) is 5.79. The number of carbonyl (C=O) groups is 2. The summed E-state index contributed by atoms with van der Waals surface area (Å²) in [6.07, 6.45) is 0.479. The molecule has 0 aliphatic rings. The molecule has 0 saturated carbocycles. The molecule has 20 heavy (non-hydrogen) atoms. The van der Waals surface area contributed by atoms with Crippen LogP contribution < -0.4 is 0 Å². The van der Waals surface area contributed by atoms with Gasteiger partial charge in [0.15, 0.2) is 12.0 Å². The van der Waals surface area contributed by atoms with E-state index in [1.807, 2.05) is 0 Å². The normalized spacial score (nSPS) is 10.0. The van der Waals surface area contributed by atoms with E-state index >= 15 is 0 Å². The Morgan fingerprint density at radius 3 is 2.50 bits per heavy atom. The largest absolute Gasteiger partial charge is 0.455 e. The molecule has 1 aromatic heterocycles. The fourth-order valence-corrected chi connectivity index (χ4v) is 1.46. The molecule has 1 aromatic carbocycles. The smallest absolute Gasteiger partial charge is 0.374 e. The van der Waals surface area contributed by atoms with Crippen LogP contribution >= 0.6 is 0 Å². The van der Waals surface area contributed by atoms with Crippen LogP contribution in [0, 0.1) is 10.1 Å². The average Bonchev–Trinajstić information content (AvgIpc) is 2.94. The lowest BCUT2D eigenvalue weighted by Gasteiger charge is -2.02. The lowest BCUT2D eigenvalue weighted by atomic mass is 10.2. The van der Waals surface area contributed by atoms with E-state index in [9.17, 15) is 19.7 Å². The Hall–Kier alpha value is -2.96. The van der Waals surface area contributed by atoms with Crippen molar-refractivity contribution in [2.45, 2.75) is 6.61 Å². The molecule has 0 saturated heterocycles. The highest BCUT2D eigenvalue weighted by Crippen LogP contribution is 2.14. The molecule has 0 aliphatic heterocycles. The van der Waals surface area contributed by atoms with Crippen LogP contribution in [0.2, 0.25) is 0 Å². The minimum atomic E-state index is -0.712. The van der Waals surface area contributed by atoms with Crippen LogP contribution in [0.1, 0.15) is 26.7 Å². The van der Waals surface area contributed by atoms with Gasteiger partial charge in [0, 0.05) is 12.1 Å². The van der Waals surface area contributed by atoms with Gasteiger partial charge in [-0.1, -0.05) is 0 Å². The Morgan fingerprint density at radius 1 is 1.25 bits per heavy atom. The zero-order valence-electron chi connectivity index (χ0n) is 10.1. The molecule has 0 aliphatic carbocycles. The molecule has 0 radical (unpaired) electrons. The SMILES string of the molecule is O=Cc1ccc(C(=O)OCc2ccc([N+](=O)[O-])cc2)o1. The van der Waals surface area contributed by atoms with E-state index in [0.717, 1.165) is 0 Å². The monoisotopic (exact) mass is 275 g/mol. The van der Waals surface area contributed by atoms with Crippen molar-refractivity contribution in [3.63, 3.8) is 0 Å². The van der Waals surface area contributed by atoms with Gasteiger partial charge in [-0.2, -0.15) is 0 Å². The summed E-state index contributed by atoms with van der Waals surface area (Å²) in [6.45, 7) is -0.0477. The van der Waals surface area contributed by atoms with Crippen molar-refractivity contribution in [2.24, 2.45) is 0 Å². The van der Waals surface area contributed by atoms with Crippen molar-refractivity contribution in [3.8, 4) is 0 Å². The predicted molar refractivity (Wildman–Crippen MR) is 66.3 cm³/mol. The molecule has 0 spiro atoms. The van der Waals surface area contributed by atoms with Gasteiger partial charge in [0.2, 0.25) is 5.76 Å². The summed E-state index contributed by atoms with van der Waals surface area (Å²) >= 11 is 0. The van der Waals surface area contributed by atoms with Crippen LogP contribution in [0.4, 0.5) is 5.69 Å². The number of carbonyl (C=O) groups excluding carboxylic acids is 2. The molecular weight excluding hydrogens is 266 g/mol. The highest BCUT2D eigenvalue weighted by Gasteiger charge is 2.13. The average molecular weight is 275 g/mol. The summed E-state index contributed by atoms with van der Waals surface area (Å²) in [5.41, 5.74) is 0.563. The lowest BCUT2D eigenvalue weighted by Crippen LogP contribution is -2.04. The zero-order chi connectivity index (χ0) is 14.5. The molecule has 2 rings (SSSR count). The van der Waals surface area contributed by atoms with Crippen LogP contribution in [-0.2, 0) is 11.3 Å². The fraction of sp³-hybridized carbons (Fsp3) is 0.0769. The van der Waals surface area contributed by atoms with Crippen LogP contribution in [0.3, 0.4) is 0 Å². The highest BCUT2D eigenvalue weighted by atomic mass is 16.6. The molecule has 1 heterocycles. The molecule has 0 bridgehead atoms.